The number of methoxy groups -OCH3 is 1. The summed E-state index contributed by atoms with van der Waals surface area (Å²) in [4.78, 5) is 14.6. The van der Waals surface area contributed by atoms with E-state index in [1.54, 1.807) is 7.11 Å². The van der Waals surface area contributed by atoms with E-state index < -0.39 is 0 Å². The van der Waals surface area contributed by atoms with Crippen LogP contribution in [-0.4, -0.2) is 37.4 Å². The third-order valence-electron chi connectivity index (χ3n) is 3.51. The van der Waals surface area contributed by atoms with Crippen molar-refractivity contribution in [1.82, 2.24) is 4.90 Å². The number of hydrogen-bond acceptors (Lipinski definition) is 3. The lowest BCUT2D eigenvalue weighted by Gasteiger charge is -2.14. The minimum absolute atomic E-state index is 0.183. The predicted octanol–water partition coefficient (Wildman–Crippen LogP) is 2.67. The molecule has 1 fully saturated rings. The Labute approximate surface area is 109 Å². The lowest BCUT2D eigenvalue weighted by Crippen LogP contribution is -2.22. The van der Waals surface area contributed by atoms with Crippen LogP contribution in [0, 0.1) is 6.92 Å². The quantitative estimate of drug-likeness (QED) is 0.749. The summed E-state index contributed by atoms with van der Waals surface area (Å²) in [5.41, 5.74) is 1.82. The monoisotopic (exact) mass is 247 g/mol. The van der Waals surface area contributed by atoms with Crippen molar-refractivity contribution in [1.29, 1.82) is 0 Å². The number of ketones is 1. The fraction of sp³-hybridized carbons (Fsp3) is 0.533. The van der Waals surface area contributed by atoms with Crippen LogP contribution in [0.1, 0.15) is 35.2 Å². The number of benzene rings is 1. The molecule has 0 aromatic heterocycles. The average molecular weight is 247 g/mol. The third kappa shape index (κ3) is 3.10. The Morgan fingerprint density at radius 3 is 2.72 bits per heavy atom. The maximum absolute atomic E-state index is 12.2. The summed E-state index contributed by atoms with van der Waals surface area (Å²) in [6.45, 7) is 5.14. The first-order valence-corrected chi connectivity index (χ1v) is 6.61. The van der Waals surface area contributed by atoms with Crippen LogP contribution in [0.4, 0.5) is 0 Å². The second-order valence-corrected chi connectivity index (χ2v) is 4.93. The van der Waals surface area contributed by atoms with E-state index in [9.17, 15) is 4.79 Å². The van der Waals surface area contributed by atoms with Crippen LogP contribution in [0.5, 0.6) is 5.75 Å². The van der Waals surface area contributed by atoms with Crippen LogP contribution in [0.3, 0.4) is 0 Å². The molecule has 3 nitrogen and oxygen atoms in total. The maximum Gasteiger partial charge on any atom is 0.167 e. The van der Waals surface area contributed by atoms with Gasteiger partial charge in [0.15, 0.2) is 5.78 Å². The van der Waals surface area contributed by atoms with Gasteiger partial charge in [0.2, 0.25) is 0 Å². The SMILES string of the molecule is COc1ccc(C)cc1C(=O)CCN1CCCC1. The topological polar surface area (TPSA) is 29.5 Å². The van der Waals surface area contributed by atoms with E-state index in [4.69, 9.17) is 4.74 Å². The number of rotatable bonds is 5. The Bertz CT molecular complexity index is 423. The van der Waals surface area contributed by atoms with Gasteiger partial charge in [0.1, 0.15) is 5.75 Å². The Morgan fingerprint density at radius 2 is 2.06 bits per heavy atom. The first-order chi connectivity index (χ1) is 8.70. The second-order valence-electron chi connectivity index (χ2n) is 4.93. The summed E-state index contributed by atoms with van der Waals surface area (Å²) in [5, 5.41) is 0. The van der Waals surface area contributed by atoms with Crippen LogP contribution in [0.2, 0.25) is 0 Å². The summed E-state index contributed by atoms with van der Waals surface area (Å²) in [6, 6.07) is 5.76. The predicted molar refractivity (Wildman–Crippen MR) is 72.4 cm³/mol. The van der Waals surface area contributed by atoms with Gasteiger partial charge in [-0.1, -0.05) is 11.6 Å². The van der Waals surface area contributed by atoms with Crippen LogP contribution in [-0.2, 0) is 0 Å². The standard InChI is InChI=1S/C15H21NO2/c1-12-5-6-15(18-2)13(11-12)14(17)7-10-16-8-3-4-9-16/h5-6,11H,3-4,7-10H2,1-2H3. The van der Waals surface area contributed by atoms with E-state index in [2.05, 4.69) is 4.90 Å². The molecule has 1 heterocycles. The summed E-state index contributed by atoms with van der Waals surface area (Å²) in [6.07, 6.45) is 3.11. The zero-order chi connectivity index (χ0) is 13.0. The molecule has 0 atom stereocenters. The number of nitrogens with zero attached hydrogens (tertiary/aromatic N) is 1. The first-order valence-electron chi connectivity index (χ1n) is 6.61. The molecular weight excluding hydrogens is 226 g/mol. The molecule has 0 N–H and O–H groups in total. The number of hydrogen-bond donors (Lipinski definition) is 0. The Hall–Kier alpha value is -1.35. The fourth-order valence-electron chi connectivity index (χ4n) is 2.44. The number of Topliss-reactive ketones (excluding diaryl/α,β-unsaturated/α-hetero) is 1. The van der Waals surface area contributed by atoms with Gasteiger partial charge in [0.25, 0.3) is 0 Å². The highest BCUT2D eigenvalue weighted by molar-refractivity contribution is 5.99. The maximum atomic E-state index is 12.2. The lowest BCUT2D eigenvalue weighted by molar-refractivity contribution is 0.0966. The van der Waals surface area contributed by atoms with E-state index in [1.165, 1.54) is 12.8 Å². The highest BCUT2D eigenvalue weighted by atomic mass is 16.5. The highest BCUT2D eigenvalue weighted by Crippen LogP contribution is 2.21. The van der Waals surface area contributed by atoms with Gasteiger partial charge in [-0.25, -0.2) is 0 Å². The minimum atomic E-state index is 0.183. The Morgan fingerprint density at radius 1 is 1.33 bits per heavy atom. The molecule has 1 saturated heterocycles. The molecule has 0 radical (unpaired) electrons. The molecule has 18 heavy (non-hydrogen) atoms. The van der Waals surface area contributed by atoms with Crippen LogP contribution in [0.15, 0.2) is 18.2 Å². The number of ether oxygens (including phenoxy) is 1. The van der Waals surface area contributed by atoms with Gasteiger partial charge >= 0.3 is 0 Å². The van der Waals surface area contributed by atoms with E-state index in [0.717, 1.165) is 30.8 Å². The zero-order valence-electron chi connectivity index (χ0n) is 11.2. The number of likely N-dealkylation sites (tertiary alicyclic amines) is 1. The number of aryl methyl sites for hydroxylation is 1. The van der Waals surface area contributed by atoms with E-state index in [1.807, 2.05) is 25.1 Å². The molecule has 3 heteroatoms. The molecule has 98 valence electrons. The summed E-state index contributed by atoms with van der Waals surface area (Å²) in [5.74, 6) is 0.870. The molecule has 0 saturated carbocycles. The first kappa shape index (κ1) is 13.1. The number of carbonyl (C=O) groups is 1. The Balaban J connectivity index is 2.00. The molecule has 1 aliphatic rings. The van der Waals surface area contributed by atoms with Gasteiger partial charge in [0.05, 0.1) is 12.7 Å². The van der Waals surface area contributed by atoms with Gasteiger partial charge in [-0.2, -0.15) is 0 Å². The number of carbonyl (C=O) groups excluding carboxylic acids is 1. The molecular formula is C15H21NO2. The van der Waals surface area contributed by atoms with Crippen molar-refractivity contribution >= 4 is 5.78 Å². The van der Waals surface area contributed by atoms with Crippen LogP contribution >= 0.6 is 0 Å². The smallest absolute Gasteiger partial charge is 0.167 e. The molecule has 1 aliphatic heterocycles. The van der Waals surface area contributed by atoms with Gasteiger partial charge in [0, 0.05) is 13.0 Å². The minimum Gasteiger partial charge on any atom is -0.496 e. The highest BCUT2D eigenvalue weighted by Gasteiger charge is 2.16. The van der Waals surface area contributed by atoms with E-state index in [-0.39, 0.29) is 5.78 Å². The van der Waals surface area contributed by atoms with Crippen molar-refractivity contribution in [2.45, 2.75) is 26.2 Å². The average Bonchev–Trinajstić information content (AvgIpc) is 2.89. The van der Waals surface area contributed by atoms with Gasteiger partial charge in [-0.3, -0.25) is 4.79 Å². The third-order valence-corrected chi connectivity index (χ3v) is 3.51. The molecule has 0 bridgehead atoms. The van der Waals surface area contributed by atoms with Crippen molar-refractivity contribution in [3.63, 3.8) is 0 Å². The molecule has 0 amide bonds. The van der Waals surface area contributed by atoms with Crippen molar-refractivity contribution in [2.75, 3.05) is 26.7 Å². The van der Waals surface area contributed by atoms with E-state index >= 15 is 0 Å². The molecule has 1 aromatic carbocycles. The van der Waals surface area contributed by atoms with Crippen molar-refractivity contribution < 1.29 is 9.53 Å². The molecule has 0 unspecified atom stereocenters. The van der Waals surface area contributed by atoms with Gasteiger partial charge < -0.3 is 9.64 Å². The molecule has 1 aromatic rings. The fourth-order valence-corrected chi connectivity index (χ4v) is 2.44. The van der Waals surface area contributed by atoms with Crippen LogP contribution < -0.4 is 4.74 Å². The van der Waals surface area contributed by atoms with Gasteiger partial charge in [-0.15, -0.1) is 0 Å². The van der Waals surface area contributed by atoms with Crippen molar-refractivity contribution in [3.8, 4) is 5.75 Å². The normalized spacial score (nSPS) is 15.9. The zero-order valence-corrected chi connectivity index (χ0v) is 11.2. The molecule has 2 rings (SSSR count). The molecule has 0 spiro atoms. The van der Waals surface area contributed by atoms with Gasteiger partial charge in [-0.05, 0) is 45.0 Å². The summed E-state index contributed by atoms with van der Waals surface area (Å²) < 4.78 is 5.26. The van der Waals surface area contributed by atoms with Crippen LogP contribution in [0.25, 0.3) is 0 Å². The second kappa shape index (κ2) is 6.01. The summed E-state index contributed by atoms with van der Waals surface area (Å²) >= 11 is 0. The lowest BCUT2D eigenvalue weighted by atomic mass is 10.0. The van der Waals surface area contributed by atoms with Crippen molar-refractivity contribution in [3.05, 3.63) is 29.3 Å². The van der Waals surface area contributed by atoms with Crippen molar-refractivity contribution in [2.24, 2.45) is 0 Å². The van der Waals surface area contributed by atoms with E-state index in [0.29, 0.717) is 12.2 Å². The Kier molecular flexibility index (Phi) is 4.37. The largest absolute Gasteiger partial charge is 0.496 e. The summed E-state index contributed by atoms with van der Waals surface area (Å²) in [7, 11) is 1.61. The molecule has 0 aliphatic carbocycles.